The third-order valence-corrected chi connectivity index (χ3v) is 1.73. The zero-order valence-electron chi connectivity index (χ0n) is 8.19. The highest BCUT2D eigenvalue weighted by Crippen LogP contribution is 2.16. The van der Waals surface area contributed by atoms with Crippen LogP contribution in [0.15, 0.2) is 24.3 Å². The van der Waals surface area contributed by atoms with Gasteiger partial charge in [0.05, 0.1) is 11.5 Å². The van der Waals surface area contributed by atoms with E-state index in [9.17, 15) is 9.59 Å². The second-order valence-corrected chi connectivity index (χ2v) is 3.23. The van der Waals surface area contributed by atoms with Gasteiger partial charge in [0.1, 0.15) is 5.75 Å². The first kappa shape index (κ1) is 10.4. The molecule has 74 valence electrons. The number of carbonyl (C=O) groups excluding carboxylic acids is 2. The molecule has 0 amide bonds. The number of hydrogen-bond acceptors (Lipinski definition) is 3. The van der Waals surface area contributed by atoms with Crippen LogP contribution in [-0.2, 0) is 4.79 Å². The van der Waals surface area contributed by atoms with Crippen LogP contribution in [0.2, 0.25) is 0 Å². The Labute approximate surface area is 82.7 Å². The van der Waals surface area contributed by atoms with Crippen LogP contribution in [-0.4, -0.2) is 12.3 Å². The molecule has 0 atom stereocenters. The minimum absolute atomic E-state index is 0.199. The molecule has 3 heteroatoms. The van der Waals surface area contributed by atoms with Crippen LogP contribution in [0, 0.1) is 5.92 Å². The molecule has 14 heavy (non-hydrogen) atoms. The van der Waals surface area contributed by atoms with Crippen molar-refractivity contribution < 1.29 is 14.3 Å². The first-order valence-electron chi connectivity index (χ1n) is 4.41. The van der Waals surface area contributed by atoms with Crippen LogP contribution in [0.25, 0.3) is 0 Å². The number of aldehydes is 1. The van der Waals surface area contributed by atoms with E-state index in [1.807, 2.05) is 0 Å². The van der Waals surface area contributed by atoms with Crippen molar-refractivity contribution in [3.05, 3.63) is 29.8 Å². The topological polar surface area (TPSA) is 43.4 Å². The van der Waals surface area contributed by atoms with Crippen LogP contribution in [0.3, 0.4) is 0 Å². The molecular formula is C11H12O3. The van der Waals surface area contributed by atoms with Crippen molar-refractivity contribution in [2.75, 3.05) is 0 Å². The molecule has 0 heterocycles. The Morgan fingerprint density at radius 1 is 1.36 bits per heavy atom. The molecule has 0 aliphatic carbocycles. The molecule has 1 aromatic rings. The molecule has 0 aromatic heterocycles. The lowest BCUT2D eigenvalue weighted by atomic mass is 10.2. The number of ether oxygens (including phenoxy) is 1. The normalized spacial score (nSPS) is 9.93. The molecule has 0 fully saturated rings. The molecule has 0 N–H and O–H groups in total. The van der Waals surface area contributed by atoms with Gasteiger partial charge in [-0.05, 0) is 12.1 Å². The van der Waals surface area contributed by atoms with Gasteiger partial charge in [-0.2, -0.15) is 0 Å². The fraction of sp³-hybridized carbons (Fsp3) is 0.273. The summed E-state index contributed by atoms with van der Waals surface area (Å²) in [7, 11) is 0. The van der Waals surface area contributed by atoms with E-state index in [4.69, 9.17) is 4.74 Å². The molecule has 0 unspecified atom stereocenters. The van der Waals surface area contributed by atoms with E-state index in [2.05, 4.69) is 0 Å². The lowest BCUT2D eigenvalue weighted by Crippen LogP contribution is -2.15. The monoisotopic (exact) mass is 192 g/mol. The first-order chi connectivity index (χ1) is 6.65. The van der Waals surface area contributed by atoms with Gasteiger partial charge in [-0.25, -0.2) is 0 Å². The number of hydrogen-bond donors (Lipinski definition) is 0. The van der Waals surface area contributed by atoms with Gasteiger partial charge in [-0.1, -0.05) is 26.0 Å². The third kappa shape index (κ3) is 2.42. The summed E-state index contributed by atoms with van der Waals surface area (Å²) in [5.74, 6) is -0.213. The Bertz CT molecular complexity index is 342. The van der Waals surface area contributed by atoms with Crippen molar-refractivity contribution in [2.45, 2.75) is 13.8 Å². The number of benzene rings is 1. The summed E-state index contributed by atoms with van der Waals surface area (Å²) in [5.41, 5.74) is 0.390. The summed E-state index contributed by atoms with van der Waals surface area (Å²) in [6.07, 6.45) is 0.670. The van der Waals surface area contributed by atoms with Crippen molar-refractivity contribution in [3.8, 4) is 5.75 Å². The van der Waals surface area contributed by atoms with Crippen LogP contribution in [0.1, 0.15) is 24.2 Å². The molecule has 0 saturated heterocycles. The van der Waals surface area contributed by atoms with Gasteiger partial charge in [-0.3, -0.25) is 9.59 Å². The first-order valence-corrected chi connectivity index (χ1v) is 4.41. The predicted molar refractivity (Wildman–Crippen MR) is 52.3 cm³/mol. The molecule has 1 rings (SSSR count). The molecule has 1 aromatic carbocycles. The second kappa shape index (κ2) is 4.56. The highest BCUT2D eigenvalue weighted by atomic mass is 16.5. The summed E-state index contributed by atoms with van der Waals surface area (Å²) in [6, 6.07) is 6.65. The van der Waals surface area contributed by atoms with E-state index in [-0.39, 0.29) is 11.9 Å². The van der Waals surface area contributed by atoms with E-state index in [1.54, 1.807) is 38.1 Å². The van der Waals surface area contributed by atoms with E-state index in [0.29, 0.717) is 17.6 Å². The summed E-state index contributed by atoms with van der Waals surface area (Å²) in [4.78, 5) is 21.8. The Kier molecular flexibility index (Phi) is 3.40. The highest BCUT2D eigenvalue weighted by molar-refractivity contribution is 5.82. The maximum atomic E-state index is 11.2. The average Bonchev–Trinajstić information content (AvgIpc) is 2.18. The summed E-state index contributed by atoms with van der Waals surface area (Å²) >= 11 is 0. The average molecular weight is 192 g/mol. The van der Waals surface area contributed by atoms with Crippen LogP contribution < -0.4 is 4.74 Å². The van der Waals surface area contributed by atoms with Crippen LogP contribution in [0.5, 0.6) is 5.75 Å². The Hall–Kier alpha value is -1.64. The highest BCUT2D eigenvalue weighted by Gasteiger charge is 2.11. The van der Waals surface area contributed by atoms with Gasteiger partial charge in [-0.15, -0.1) is 0 Å². The maximum Gasteiger partial charge on any atom is 0.313 e. The Balaban J connectivity index is 2.85. The number of carbonyl (C=O) groups is 2. The van der Waals surface area contributed by atoms with E-state index >= 15 is 0 Å². The van der Waals surface area contributed by atoms with E-state index in [1.165, 1.54) is 0 Å². The minimum atomic E-state index is -0.334. The van der Waals surface area contributed by atoms with Gasteiger partial charge in [0.15, 0.2) is 6.29 Å². The third-order valence-electron chi connectivity index (χ3n) is 1.73. The summed E-state index contributed by atoms with van der Waals surface area (Å²) in [5, 5.41) is 0. The second-order valence-electron chi connectivity index (χ2n) is 3.23. The van der Waals surface area contributed by atoms with Crippen molar-refractivity contribution >= 4 is 12.3 Å². The van der Waals surface area contributed by atoms with Gasteiger partial charge in [0, 0.05) is 0 Å². The zero-order chi connectivity index (χ0) is 10.6. The molecule has 0 aliphatic heterocycles. The largest absolute Gasteiger partial charge is 0.426 e. The van der Waals surface area contributed by atoms with Crippen molar-refractivity contribution in [1.29, 1.82) is 0 Å². The van der Waals surface area contributed by atoms with Crippen molar-refractivity contribution in [1.82, 2.24) is 0 Å². The Morgan fingerprint density at radius 2 is 2.00 bits per heavy atom. The lowest BCUT2D eigenvalue weighted by molar-refractivity contribution is -0.137. The quantitative estimate of drug-likeness (QED) is 0.418. The van der Waals surface area contributed by atoms with Crippen molar-refractivity contribution in [2.24, 2.45) is 5.92 Å². The molecule has 0 aliphatic rings. The molecular weight excluding hydrogens is 180 g/mol. The Morgan fingerprint density at radius 3 is 2.57 bits per heavy atom. The smallest absolute Gasteiger partial charge is 0.313 e. The van der Waals surface area contributed by atoms with Crippen LogP contribution in [0.4, 0.5) is 0 Å². The molecule has 0 radical (unpaired) electrons. The SMILES string of the molecule is CC(C)C(=O)Oc1ccccc1C=O. The van der Waals surface area contributed by atoms with Gasteiger partial charge in [0.2, 0.25) is 0 Å². The van der Waals surface area contributed by atoms with Gasteiger partial charge >= 0.3 is 5.97 Å². The van der Waals surface area contributed by atoms with E-state index in [0.717, 1.165) is 0 Å². The summed E-state index contributed by atoms with van der Waals surface area (Å²) < 4.78 is 5.03. The van der Waals surface area contributed by atoms with Gasteiger partial charge in [0.25, 0.3) is 0 Å². The predicted octanol–water partition coefficient (Wildman–Crippen LogP) is 2.06. The lowest BCUT2D eigenvalue weighted by Gasteiger charge is -2.07. The molecule has 0 bridgehead atoms. The minimum Gasteiger partial charge on any atom is -0.426 e. The number of rotatable bonds is 3. The molecule has 0 spiro atoms. The standard InChI is InChI=1S/C11H12O3/c1-8(2)11(13)14-10-6-4-3-5-9(10)7-12/h3-8H,1-2H3. The number of para-hydroxylation sites is 1. The molecule has 3 nitrogen and oxygen atoms in total. The fourth-order valence-corrected chi connectivity index (χ4v) is 0.897. The van der Waals surface area contributed by atoms with Gasteiger partial charge < -0.3 is 4.74 Å². The van der Waals surface area contributed by atoms with Crippen molar-refractivity contribution in [3.63, 3.8) is 0 Å². The maximum absolute atomic E-state index is 11.2. The van der Waals surface area contributed by atoms with E-state index < -0.39 is 0 Å². The zero-order valence-corrected chi connectivity index (χ0v) is 8.19. The summed E-state index contributed by atoms with van der Waals surface area (Å²) in [6.45, 7) is 3.48. The van der Waals surface area contributed by atoms with Crippen LogP contribution >= 0.6 is 0 Å². The molecule has 0 saturated carbocycles. The fourth-order valence-electron chi connectivity index (χ4n) is 0.897. The number of esters is 1.